The number of carbonyl (C=O) groups excluding carboxylic acids is 3. The van der Waals surface area contributed by atoms with Crippen molar-refractivity contribution in [2.24, 2.45) is 29.4 Å². The number of aromatic hydroxyl groups is 1. The Bertz CT molecular complexity index is 1520. The lowest BCUT2D eigenvalue weighted by Crippen LogP contribution is -2.63. The molecule has 6 rings (SSSR count). The number of amides is 1. The molecule has 2 saturated carbocycles. The Kier molecular flexibility index (Phi) is 6.75. The van der Waals surface area contributed by atoms with Gasteiger partial charge in [-0.2, -0.15) is 13.2 Å². The summed E-state index contributed by atoms with van der Waals surface area (Å²) in [6.07, 6.45) is -1.54. The van der Waals surface area contributed by atoms with Crippen LogP contribution in [0.15, 0.2) is 28.7 Å². The lowest BCUT2D eigenvalue weighted by molar-refractivity contribution is -0.148. The molecular formula is C30H34F3N3O7. The number of phenolic OH excluding ortho intramolecular Hbond substituents is 1. The third kappa shape index (κ3) is 4.22. The SMILES string of the molecule is CN(C)[C@@H]1C(O)=C(C(N)=O)C(=O)[C@@]2(O)C(O)=C3C(=O)c4c(O)cc(CN[C@@H]5CC6CCC5C6)c(C(F)(F)F)c4C[C@H]3C[C@@H]12. The predicted molar refractivity (Wildman–Crippen MR) is 145 cm³/mol. The molecule has 43 heavy (non-hydrogen) atoms. The second-order valence-electron chi connectivity index (χ2n) is 12.9. The maximum absolute atomic E-state index is 14.7. The molecule has 0 aliphatic heterocycles. The molecule has 7 atom stereocenters. The fraction of sp³-hybridized carbons (Fsp3) is 0.567. The highest BCUT2D eigenvalue weighted by atomic mass is 19.4. The van der Waals surface area contributed by atoms with Crippen LogP contribution in [-0.4, -0.2) is 74.6 Å². The molecule has 0 spiro atoms. The molecule has 1 aromatic carbocycles. The van der Waals surface area contributed by atoms with Gasteiger partial charge in [0.1, 0.15) is 22.8 Å². The van der Waals surface area contributed by atoms with Crippen molar-refractivity contribution in [3.63, 3.8) is 0 Å². The third-order valence-electron chi connectivity index (χ3n) is 10.4. The van der Waals surface area contributed by atoms with E-state index in [0.717, 1.165) is 31.7 Å². The summed E-state index contributed by atoms with van der Waals surface area (Å²) in [7, 11) is 2.95. The van der Waals surface area contributed by atoms with Gasteiger partial charge in [0, 0.05) is 24.1 Å². The van der Waals surface area contributed by atoms with Crippen molar-refractivity contribution in [2.75, 3.05) is 14.1 Å². The van der Waals surface area contributed by atoms with E-state index in [1.165, 1.54) is 19.0 Å². The zero-order valence-electron chi connectivity index (χ0n) is 23.7. The Hall–Kier alpha value is -3.42. The second kappa shape index (κ2) is 9.80. The van der Waals surface area contributed by atoms with Crippen LogP contribution in [-0.2, 0) is 28.7 Å². The van der Waals surface area contributed by atoms with E-state index in [9.17, 15) is 48.0 Å². The molecule has 2 fully saturated rings. The number of nitrogens with zero attached hydrogens (tertiary/aromatic N) is 1. The summed E-state index contributed by atoms with van der Waals surface area (Å²) < 4.78 is 44.1. The Morgan fingerprint density at radius 1 is 1.14 bits per heavy atom. The largest absolute Gasteiger partial charge is 0.510 e. The number of nitrogens with one attached hydrogen (secondary N) is 1. The van der Waals surface area contributed by atoms with E-state index in [4.69, 9.17) is 5.73 Å². The first kappa shape index (κ1) is 29.6. The van der Waals surface area contributed by atoms with E-state index in [0.29, 0.717) is 11.8 Å². The first-order valence-electron chi connectivity index (χ1n) is 14.4. The second-order valence-corrected chi connectivity index (χ2v) is 12.9. The number of halogens is 3. The van der Waals surface area contributed by atoms with Gasteiger partial charge in [0.25, 0.3) is 5.91 Å². The number of hydrogen-bond acceptors (Lipinski definition) is 9. The standard InChI is InChI=1S/C30H34F3N3O7/c1-36(2)23-16-8-13-7-15-20(24(38)19(13)26(40)29(16,43)27(41)21(25(23)39)28(34)42)18(37)9-14(22(15)30(31,32)33)10-35-17-6-11-3-4-12(17)5-11/h9,11-13,16-17,23,35,37,39-40,43H,3-8,10H2,1-2H3,(H2,34,42)/t11?,12?,13-,16-,17+,23-,29-/m0/s1. The zero-order valence-corrected chi connectivity index (χ0v) is 23.7. The van der Waals surface area contributed by atoms with Crippen LogP contribution < -0.4 is 11.1 Å². The number of ketones is 2. The molecule has 0 saturated heterocycles. The summed E-state index contributed by atoms with van der Waals surface area (Å²) in [6, 6.07) is -0.254. The van der Waals surface area contributed by atoms with Crippen LogP contribution in [0.5, 0.6) is 5.75 Å². The molecular weight excluding hydrogens is 571 g/mol. The van der Waals surface area contributed by atoms with Crippen molar-refractivity contribution < 1.29 is 48.0 Å². The lowest BCUT2D eigenvalue weighted by Gasteiger charge is -2.50. The monoisotopic (exact) mass is 605 g/mol. The number of Topliss-reactive ketones (excluding diaryl/α,β-unsaturated/α-hetero) is 2. The molecule has 10 nitrogen and oxygen atoms in total. The van der Waals surface area contributed by atoms with Crippen LogP contribution in [0.2, 0.25) is 0 Å². The smallest absolute Gasteiger partial charge is 0.417 e. The maximum Gasteiger partial charge on any atom is 0.417 e. The number of fused-ring (bicyclic) bond motifs is 5. The number of rotatable bonds is 5. The number of alkyl halides is 3. The van der Waals surface area contributed by atoms with Gasteiger partial charge in [0.05, 0.1) is 17.2 Å². The van der Waals surface area contributed by atoms with Crippen molar-refractivity contribution in [1.82, 2.24) is 10.2 Å². The summed E-state index contributed by atoms with van der Waals surface area (Å²) in [5.74, 6) is -7.97. The van der Waals surface area contributed by atoms with Crippen molar-refractivity contribution in [2.45, 2.75) is 68.9 Å². The van der Waals surface area contributed by atoms with Crippen LogP contribution in [0, 0.1) is 23.7 Å². The van der Waals surface area contributed by atoms with Crippen molar-refractivity contribution in [3.05, 3.63) is 51.0 Å². The minimum atomic E-state index is -4.88. The molecule has 5 aliphatic rings. The zero-order chi connectivity index (χ0) is 31.3. The Balaban J connectivity index is 1.46. The third-order valence-corrected chi connectivity index (χ3v) is 10.4. The molecule has 0 radical (unpaired) electrons. The number of likely N-dealkylation sites (N-methyl/N-ethyl adjacent to an activating group) is 1. The summed E-state index contributed by atoms with van der Waals surface area (Å²) in [6.45, 7) is -0.162. The summed E-state index contributed by atoms with van der Waals surface area (Å²) in [4.78, 5) is 40.6. The minimum Gasteiger partial charge on any atom is -0.510 e. The fourth-order valence-corrected chi connectivity index (χ4v) is 8.62. The fourth-order valence-electron chi connectivity index (χ4n) is 8.62. The van der Waals surface area contributed by atoms with Gasteiger partial charge in [-0.25, -0.2) is 0 Å². The van der Waals surface area contributed by atoms with Crippen molar-refractivity contribution >= 4 is 17.5 Å². The van der Waals surface area contributed by atoms with E-state index >= 15 is 0 Å². The van der Waals surface area contributed by atoms with Gasteiger partial charge in [-0.15, -0.1) is 0 Å². The van der Waals surface area contributed by atoms with Gasteiger partial charge in [0.2, 0.25) is 5.78 Å². The number of nitrogens with two attached hydrogens (primary N) is 1. The number of carbonyl (C=O) groups is 3. The average Bonchev–Trinajstić information content (AvgIpc) is 3.52. The molecule has 1 aromatic rings. The summed E-state index contributed by atoms with van der Waals surface area (Å²) >= 11 is 0. The first-order valence-corrected chi connectivity index (χ1v) is 14.4. The average molecular weight is 606 g/mol. The van der Waals surface area contributed by atoms with Crippen LogP contribution in [0.1, 0.15) is 59.2 Å². The number of hydrogen-bond donors (Lipinski definition) is 6. The number of aliphatic hydroxyl groups excluding tert-OH is 2. The van der Waals surface area contributed by atoms with E-state index < -0.39 is 98.7 Å². The van der Waals surface area contributed by atoms with E-state index in [1.807, 2.05) is 0 Å². The summed E-state index contributed by atoms with van der Waals surface area (Å²) in [5.41, 5.74) is -1.32. The first-order chi connectivity index (χ1) is 20.1. The molecule has 0 aromatic heterocycles. The van der Waals surface area contributed by atoms with Gasteiger partial charge in [-0.05, 0) is 81.1 Å². The lowest BCUT2D eigenvalue weighted by atomic mass is 9.58. The highest BCUT2D eigenvalue weighted by Crippen LogP contribution is 2.54. The number of benzene rings is 1. The van der Waals surface area contributed by atoms with E-state index in [1.54, 1.807) is 0 Å². The predicted octanol–water partition coefficient (Wildman–Crippen LogP) is 2.42. The Morgan fingerprint density at radius 3 is 2.40 bits per heavy atom. The van der Waals surface area contributed by atoms with Gasteiger partial charge in [0.15, 0.2) is 11.4 Å². The van der Waals surface area contributed by atoms with Crippen molar-refractivity contribution in [3.8, 4) is 5.75 Å². The normalized spacial score (nSPS) is 33.7. The van der Waals surface area contributed by atoms with Crippen LogP contribution in [0.25, 0.3) is 0 Å². The highest BCUT2D eigenvalue weighted by Gasteiger charge is 2.63. The van der Waals surface area contributed by atoms with Crippen molar-refractivity contribution in [1.29, 1.82) is 0 Å². The van der Waals surface area contributed by atoms with Gasteiger partial charge < -0.3 is 31.5 Å². The Labute approximate surface area is 245 Å². The van der Waals surface area contributed by atoms with E-state index in [2.05, 4.69) is 5.32 Å². The maximum atomic E-state index is 14.7. The molecule has 13 heteroatoms. The quantitative estimate of drug-likeness (QED) is 0.276. The molecule has 2 bridgehead atoms. The molecule has 7 N–H and O–H groups in total. The number of allylic oxidation sites excluding steroid dienone is 1. The van der Waals surface area contributed by atoms with Crippen LogP contribution >= 0.6 is 0 Å². The number of primary amides is 1. The number of phenols is 1. The number of aliphatic hydroxyl groups is 3. The molecule has 1 amide bonds. The van der Waals surface area contributed by atoms with Gasteiger partial charge >= 0.3 is 6.18 Å². The minimum absolute atomic E-state index is 0.0694. The molecule has 232 valence electrons. The topological polar surface area (TPSA) is 173 Å². The van der Waals surface area contributed by atoms with Crippen LogP contribution in [0.3, 0.4) is 0 Å². The summed E-state index contributed by atoms with van der Waals surface area (Å²) in [5, 5.41) is 48.0. The molecule has 0 heterocycles. The van der Waals surface area contributed by atoms with Crippen LogP contribution in [0.4, 0.5) is 13.2 Å². The highest BCUT2D eigenvalue weighted by molar-refractivity contribution is 6.24. The molecule has 5 aliphatic carbocycles. The molecule has 2 unspecified atom stereocenters. The van der Waals surface area contributed by atoms with Gasteiger partial charge in [-0.1, -0.05) is 6.42 Å². The Morgan fingerprint density at radius 2 is 1.84 bits per heavy atom. The van der Waals surface area contributed by atoms with Gasteiger partial charge in [-0.3, -0.25) is 19.3 Å². The van der Waals surface area contributed by atoms with E-state index in [-0.39, 0.29) is 24.6 Å².